The van der Waals surface area contributed by atoms with Crippen molar-refractivity contribution >= 4 is 149 Å². The van der Waals surface area contributed by atoms with Gasteiger partial charge < -0.3 is 91.7 Å². The van der Waals surface area contributed by atoms with E-state index in [2.05, 4.69) is 64.7 Å². The Morgan fingerprint density at radius 1 is 0.522 bits per heavy atom. The molecule has 0 aromatic heterocycles. The van der Waals surface area contributed by atoms with Gasteiger partial charge in [0.05, 0.1) is 89.3 Å². The van der Waals surface area contributed by atoms with Crippen molar-refractivity contribution < 1.29 is 178 Å². The quantitative estimate of drug-likeness (QED) is 0.00439. The van der Waals surface area contributed by atoms with Crippen molar-refractivity contribution in [2.24, 2.45) is 9.54 Å². The topological polar surface area (TPSA) is 353 Å². The first-order valence-electron chi connectivity index (χ1n) is 32.9. The minimum Gasteiger partial charge on any atom is -1.00 e. The smallest absolute Gasteiger partial charge is 1.00 e. The van der Waals surface area contributed by atoms with Crippen molar-refractivity contribution in [3.05, 3.63) is 152 Å². The van der Waals surface area contributed by atoms with E-state index in [4.69, 9.17) is 64.5 Å². The molecule has 0 fully saturated rings. The number of hydrogen-bond donors (Lipinski definition) is 3. The van der Waals surface area contributed by atoms with E-state index in [-0.39, 0.29) is 197 Å². The van der Waals surface area contributed by atoms with Crippen molar-refractivity contribution in [3.8, 4) is 28.7 Å². The van der Waals surface area contributed by atoms with E-state index in [1.807, 2.05) is 41.0 Å². The average Bonchev–Trinajstić information content (AvgIpc) is 0.822. The summed E-state index contributed by atoms with van der Waals surface area (Å²) in [7, 11) is 2.85. The third-order valence-corrected chi connectivity index (χ3v) is 16.8. The number of Topliss-reactive ketones (excluding diaryl/α,β-unsaturated/α-hetero) is 1. The van der Waals surface area contributed by atoms with Crippen molar-refractivity contribution in [1.29, 1.82) is 0 Å². The van der Waals surface area contributed by atoms with Gasteiger partial charge in [-0.1, -0.05) is 11.6 Å². The Morgan fingerprint density at radius 2 is 0.843 bits per heavy atom. The number of phenolic OH excluding ortho intramolecular Hbond substituents is 1. The molecule has 0 unspecified atom stereocenters. The van der Waals surface area contributed by atoms with Gasteiger partial charge >= 0.3 is 82.5 Å². The Hall–Kier alpha value is -5.02. The minimum absolute atomic E-state index is 0. The number of carbonyl (C=O) groups excluding carboxylic acids is 6. The second-order valence-corrected chi connectivity index (χ2v) is 31.1. The van der Waals surface area contributed by atoms with Crippen LogP contribution in [-0.2, 0) is 104 Å². The van der Waals surface area contributed by atoms with Crippen LogP contribution in [0.1, 0.15) is 140 Å². The molecule has 0 aliphatic rings. The Kier molecular flexibility index (Phi) is 78.5. The van der Waals surface area contributed by atoms with Gasteiger partial charge in [0.25, 0.3) is 5.78 Å². The molecule has 0 aliphatic heterocycles. The number of nitrogens with two attached hydrogens (primary N) is 1. The van der Waals surface area contributed by atoms with Crippen LogP contribution in [0.5, 0.6) is 28.7 Å². The number of nitrogens with zero attached hydrogens (tertiary/aromatic N) is 1. The fraction of sp³-hybridized carbons (Fsp3) is 0.479. The minimum atomic E-state index is -1.73. The van der Waals surface area contributed by atoms with Crippen LogP contribution in [0.2, 0.25) is 0 Å². The molecule has 0 amide bonds. The number of ketones is 1. The molecule has 0 saturated heterocycles. The van der Waals surface area contributed by atoms with Crippen LogP contribution in [-0.4, -0.2) is 207 Å². The third kappa shape index (κ3) is 58.5. The second-order valence-electron chi connectivity index (χ2n) is 23.4. The maximum Gasteiger partial charge on any atom is 2.00 e. The van der Waals surface area contributed by atoms with Gasteiger partial charge in [-0.05, 0) is 220 Å². The Balaban J connectivity index is -0.000000167. The summed E-state index contributed by atoms with van der Waals surface area (Å²) in [5.74, 6) is -6.66. The first kappa shape index (κ1) is 126. The number of phenols is 1. The van der Waals surface area contributed by atoms with E-state index in [1.54, 1.807) is 89.3 Å². The molecule has 5 aromatic rings. The van der Waals surface area contributed by atoms with Crippen LogP contribution < -0.4 is 70.8 Å². The number of esters is 5. The summed E-state index contributed by atoms with van der Waals surface area (Å²) in [4.78, 5) is 68.4. The predicted molar refractivity (Wildman–Crippen MR) is 433 cm³/mol. The molecule has 643 valence electrons. The van der Waals surface area contributed by atoms with E-state index in [9.17, 15) is 63.3 Å². The van der Waals surface area contributed by atoms with Crippen molar-refractivity contribution in [1.82, 2.24) is 4.72 Å². The number of carbonyl (C=O) groups is 6. The van der Waals surface area contributed by atoms with Gasteiger partial charge in [0.2, 0.25) is 0 Å². The molecule has 4 N–H and O–H groups in total. The number of aromatic hydroxyl groups is 1. The largest absolute Gasteiger partial charge is 2.00 e. The SMILES string of the molecule is CC(C)(C)[S@](N)=O.CCOC(=O)C(=N[S@](=O)C(C)(C)C)c1cc(F)ccc1OCOC.CCOC(=O)C(=O)OCC.CCOC(=O)C(=O)c1cc(F)ccc1OCOC.CCOC(=O)[C@@H](N[S@](=O)C(C)(C)C)c1cc(F)ccc1OCOC.COCCl.COCOc1ccc(F)cc1Br.C[CH-]C.Oc1ccc(F)cc1Br.[B].[Cl-].[H-].[Mg+2].[Na+]. The molecule has 0 bridgehead atoms. The number of alkyl halides is 1. The van der Waals surface area contributed by atoms with Gasteiger partial charge in [-0.25, -0.2) is 63.3 Å². The molecule has 0 heterocycles. The van der Waals surface area contributed by atoms with E-state index in [0.717, 1.165) is 24.3 Å². The maximum absolute atomic E-state index is 13.7. The summed E-state index contributed by atoms with van der Waals surface area (Å²) in [6.07, 6.45) is 2.00. The van der Waals surface area contributed by atoms with Crippen LogP contribution in [0.4, 0.5) is 22.0 Å². The summed E-state index contributed by atoms with van der Waals surface area (Å²) < 4.78 is 174. The zero-order chi connectivity index (χ0) is 86.2. The third-order valence-electron chi connectivity index (χ3n) is 11.2. The predicted octanol–water partition coefficient (Wildman–Crippen LogP) is 7.44. The Bertz CT molecular complexity index is 3690. The number of methoxy groups -OCH3 is 5. The fourth-order valence-corrected chi connectivity index (χ4v) is 8.33. The van der Waals surface area contributed by atoms with Crippen LogP contribution >= 0.6 is 43.5 Å². The zero-order valence-electron chi connectivity index (χ0n) is 69.7. The monoisotopic (exact) mass is 1880 g/mol. The van der Waals surface area contributed by atoms with Crippen molar-refractivity contribution in [3.63, 3.8) is 0 Å². The van der Waals surface area contributed by atoms with Crippen molar-refractivity contribution in [2.75, 3.05) is 102 Å². The first-order chi connectivity index (χ1) is 51.9. The number of ether oxygens (including phenoxy) is 14. The van der Waals surface area contributed by atoms with E-state index >= 15 is 0 Å². The molecule has 5 rings (SSSR count). The molecular formula is C73H105BBr2Cl2F5MgN3NaO24S3. The molecule has 4 atom stereocenters. The molecule has 5 aromatic carbocycles. The standard InChI is InChI=1S/C16H24FNO5S.C16H22FNO5S.C12H13FO5.C8H8BrFO2.C6H4BrFO.C6H10O4.C4H11NOS.C3H7.C2H5ClO.B.ClH.Mg.Na.H/c2*1-6-22-15(19)14(18-24(20)16(2,3)4)12-9-11(17)7-8-13(12)23-10-21-5;1-3-17-12(15)11(14)9-6-8(13)4-5-10(9)18-7-16-2;1-11-5-12-8-3-2-6(10)4-7(8)9;7-5-3-4(8)1-2-6(5)9;1-3-9-5(7)6(8)10-4-2;1-4(2,3)7(5)6;1-3-2;1-4-2-3;;;;;/h7-9,14,18H,6,10H2,1-5H3;7-9H,6,10H2,1-5H3;4-6H,3,7H2,1-2H3;2-4H,5H2,1H3;1-3,9H;3-4H2,1-2H3;5H2,1-3H3;3H,1-2H3;2H2,1H3;;1H;;;/q;;;;;;;-1;;;;+2;+1;-1/p-1/t14-,24+;24-;;;;;7-;;;;;;;/m01....1......./s1. The second kappa shape index (κ2) is 71.9. The van der Waals surface area contributed by atoms with E-state index in [0.29, 0.717) is 20.8 Å². The molecule has 0 saturated carbocycles. The zero-order valence-corrected chi connectivity index (χ0v) is 79.2. The fourth-order valence-electron chi connectivity index (χ4n) is 6.11. The summed E-state index contributed by atoms with van der Waals surface area (Å²) in [5.41, 5.74) is -0.188. The molecule has 0 aliphatic carbocycles. The molecule has 3 radical (unpaired) electrons. The maximum atomic E-state index is 13.7. The van der Waals surface area contributed by atoms with Crippen LogP contribution in [0.15, 0.2) is 104 Å². The number of hydrogen-bond acceptors (Lipinski definition) is 24. The van der Waals surface area contributed by atoms with E-state index < -0.39 is 102 Å². The van der Waals surface area contributed by atoms with Gasteiger partial charge in [0.1, 0.15) is 80.9 Å². The summed E-state index contributed by atoms with van der Waals surface area (Å²) in [6, 6.07) is 17.7. The number of benzene rings is 5. The van der Waals surface area contributed by atoms with Crippen LogP contribution in [0, 0.1) is 35.5 Å². The number of nitrogens with one attached hydrogen (secondary N) is 1. The summed E-state index contributed by atoms with van der Waals surface area (Å²) >= 11 is 11.1. The number of halogens is 9. The van der Waals surface area contributed by atoms with E-state index in [1.165, 1.54) is 89.1 Å². The Labute approximate surface area is 749 Å². The van der Waals surface area contributed by atoms with Crippen LogP contribution in [0.25, 0.3) is 0 Å². The summed E-state index contributed by atoms with van der Waals surface area (Å²) in [5, 5.41) is 13.9. The normalized spacial score (nSPS) is 11.3. The van der Waals surface area contributed by atoms with Crippen LogP contribution in [0.3, 0.4) is 0 Å². The van der Waals surface area contributed by atoms with Gasteiger partial charge in [-0.2, -0.15) is 18.2 Å². The molecule has 42 heteroatoms. The average molecular weight is 1890 g/mol. The first-order valence-corrected chi connectivity index (χ1v) is 38.5. The van der Waals surface area contributed by atoms with Gasteiger partial charge in [0, 0.05) is 49.5 Å². The molecule has 0 spiro atoms. The molecule has 27 nitrogen and oxygen atoms in total. The summed E-state index contributed by atoms with van der Waals surface area (Å²) in [6.45, 7) is 28.6. The van der Waals surface area contributed by atoms with Crippen molar-refractivity contribution in [2.45, 2.75) is 131 Å². The van der Waals surface area contributed by atoms with Gasteiger partial charge in [-0.3, -0.25) is 9.93 Å². The molecular weight excluding hydrogens is 1780 g/mol. The Morgan fingerprint density at radius 3 is 1.19 bits per heavy atom. The van der Waals surface area contributed by atoms with Gasteiger partial charge in [-0.15, -0.1) is 0 Å². The van der Waals surface area contributed by atoms with Gasteiger partial charge in [0.15, 0.2) is 32.9 Å². The number of rotatable bonds is 27. The molecule has 115 heavy (non-hydrogen) atoms.